The Bertz CT molecular complexity index is 1320. The Morgan fingerprint density at radius 2 is 1.00 bits per heavy atom. The molecular weight excluding hydrogens is 509 g/mol. The van der Waals surface area contributed by atoms with Crippen LogP contribution in [0.2, 0.25) is 12.1 Å². The fraction of sp³-hybridized carbons (Fsp3) is 0.600. The molecule has 0 nitrogen and oxygen atoms in total. The van der Waals surface area contributed by atoms with Crippen LogP contribution >= 0.6 is 0 Å². The highest BCUT2D eigenvalue weighted by molar-refractivity contribution is 6.84. The zero-order valence-corrected chi connectivity index (χ0v) is 28.0. The van der Waals surface area contributed by atoms with Gasteiger partial charge in [-0.3, -0.25) is 0 Å². The van der Waals surface area contributed by atoms with E-state index in [-0.39, 0.29) is 0 Å². The van der Waals surface area contributed by atoms with Crippen LogP contribution in [0, 0.1) is 10.8 Å². The molecule has 2 aromatic carbocycles. The lowest BCUT2D eigenvalue weighted by atomic mass is 9.79. The summed E-state index contributed by atoms with van der Waals surface area (Å²) >= 11 is 0. The largest absolute Gasteiger partial charge is 0.0782 e. The van der Waals surface area contributed by atoms with Crippen molar-refractivity contribution in [1.82, 2.24) is 0 Å². The molecule has 1 heteroatoms. The third-order valence-corrected chi connectivity index (χ3v) is 20.0. The standard InChI is InChI=1S/C40H54Si/c1-7-27-21-33-31(17-15-29-23-39(9-3,10-4)25-35(29)33)37(27)41(19-13-14-20-41)38-28(8-2)22-34-32(38)18-16-30-24-40(11-5,12-6)26-36(30)34/h15-18,21-22,37-38H,7-14,19-20,23-26H2,1-6H3. The van der Waals surface area contributed by atoms with Crippen LogP contribution in [0.3, 0.4) is 0 Å². The minimum atomic E-state index is -1.74. The average molecular weight is 563 g/mol. The lowest BCUT2D eigenvalue weighted by molar-refractivity contribution is 0.280. The Hall–Kier alpha value is -1.86. The second kappa shape index (κ2) is 10.1. The normalized spacial score (nSPS) is 26.0. The van der Waals surface area contributed by atoms with E-state index in [2.05, 4.69) is 78.0 Å². The first-order valence-electron chi connectivity index (χ1n) is 17.6. The summed E-state index contributed by atoms with van der Waals surface area (Å²) < 4.78 is 0. The molecule has 0 bridgehead atoms. The summed E-state index contributed by atoms with van der Waals surface area (Å²) in [6.45, 7) is 14.7. The molecule has 2 atom stereocenters. The summed E-state index contributed by atoms with van der Waals surface area (Å²) in [5, 5.41) is 0. The molecule has 2 unspecified atom stereocenters. The van der Waals surface area contributed by atoms with Gasteiger partial charge in [-0.1, -0.05) is 114 Å². The summed E-state index contributed by atoms with van der Waals surface area (Å²) in [5.74, 6) is 0. The molecule has 1 aliphatic heterocycles. The van der Waals surface area contributed by atoms with Crippen molar-refractivity contribution in [3.05, 3.63) is 79.9 Å². The van der Waals surface area contributed by atoms with Gasteiger partial charge in [-0.05, 0) is 120 Å². The van der Waals surface area contributed by atoms with Crippen molar-refractivity contribution in [3.63, 3.8) is 0 Å². The SMILES string of the molecule is CCC1=Cc2c(ccc3c2CC(CC)(CC)C3)C1[Si]1(C2C(CC)=Cc3c2ccc2c3CC(CC)(CC)C2)CCCC1. The van der Waals surface area contributed by atoms with Gasteiger partial charge < -0.3 is 0 Å². The summed E-state index contributed by atoms with van der Waals surface area (Å²) in [6.07, 6.45) is 21.3. The predicted molar refractivity (Wildman–Crippen MR) is 180 cm³/mol. The molecule has 0 amide bonds. The van der Waals surface area contributed by atoms with Gasteiger partial charge >= 0.3 is 0 Å². The van der Waals surface area contributed by atoms with Gasteiger partial charge in [-0.25, -0.2) is 0 Å². The van der Waals surface area contributed by atoms with E-state index in [9.17, 15) is 0 Å². The summed E-state index contributed by atoms with van der Waals surface area (Å²) in [6, 6.07) is 13.5. The lowest BCUT2D eigenvalue weighted by Gasteiger charge is -2.43. The number of benzene rings is 2. The molecule has 0 N–H and O–H groups in total. The maximum atomic E-state index is 2.75. The minimum Gasteiger partial charge on any atom is -0.0650 e. The molecule has 1 fully saturated rings. The lowest BCUT2D eigenvalue weighted by Crippen LogP contribution is -2.46. The first-order valence-corrected chi connectivity index (χ1v) is 20.2. The van der Waals surface area contributed by atoms with E-state index in [1.54, 1.807) is 55.7 Å². The van der Waals surface area contributed by atoms with E-state index in [1.807, 2.05) is 0 Å². The Morgan fingerprint density at radius 1 is 0.585 bits per heavy atom. The number of fused-ring (bicyclic) bond motifs is 6. The van der Waals surface area contributed by atoms with Crippen LogP contribution < -0.4 is 0 Å². The van der Waals surface area contributed by atoms with Crippen LogP contribution in [-0.2, 0) is 25.7 Å². The highest BCUT2D eigenvalue weighted by Gasteiger charge is 2.56. The van der Waals surface area contributed by atoms with Gasteiger partial charge in [-0.15, -0.1) is 0 Å². The molecule has 7 rings (SSSR count). The molecule has 0 saturated carbocycles. The minimum absolute atomic E-state index is 0.493. The second-order valence-corrected chi connectivity index (χ2v) is 19.6. The van der Waals surface area contributed by atoms with E-state index < -0.39 is 8.07 Å². The van der Waals surface area contributed by atoms with Crippen molar-refractivity contribution in [2.45, 2.75) is 142 Å². The maximum Gasteiger partial charge on any atom is 0.0782 e. The number of hydrogen-bond donors (Lipinski definition) is 0. The quantitative estimate of drug-likeness (QED) is 0.281. The highest BCUT2D eigenvalue weighted by Crippen LogP contribution is 2.61. The zero-order chi connectivity index (χ0) is 28.6. The molecule has 0 aromatic heterocycles. The average Bonchev–Trinajstić information content (AvgIpc) is 3.82. The van der Waals surface area contributed by atoms with E-state index in [0.29, 0.717) is 10.8 Å². The van der Waals surface area contributed by atoms with E-state index in [4.69, 9.17) is 0 Å². The van der Waals surface area contributed by atoms with Crippen molar-refractivity contribution in [2.75, 3.05) is 0 Å². The van der Waals surface area contributed by atoms with Gasteiger partial charge in [0, 0.05) is 11.1 Å². The van der Waals surface area contributed by atoms with Crippen molar-refractivity contribution in [2.24, 2.45) is 10.8 Å². The van der Waals surface area contributed by atoms with Crippen LogP contribution in [-0.4, -0.2) is 8.07 Å². The Morgan fingerprint density at radius 3 is 1.37 bits per heavy atom. The molecule has 0 radical (unpaired) electrons. The molecular formula is C40H54Si. The van der Waals surface area contributed by atoms with Crippen molar-refractivity contribution in [1.29, 1.82) is 0 Å². The van der Waals surface area contributed by atoms with Crippen LogP contribution in [0.5, 0.6) is 0 Å². The van der Waals surface area contributed by atoms with Crippen LogP contribution in [0.4, 0.5) is 0 Å². The highest BCUT2D eigenvalue weighted by atomic mass is 28.3. The van der Waals surface area contributed by atoms with E-state index in [1.165, 1.54) is 89.1 Å². The zero-order valence-electron chi connectivity index (χ0n) is 27.0. The van der Waals surface area contributed by atoms with Gasteiger partial charge in [0.15, 0.2) is 0 Å². The van der Waals surface area contributed by atoms with Crippen LogP contribution in [0.25, 0.3) is 12.2 Å². The summed E-state index contributed by atoms with van der Waals surface area (Å²) in [7, 11) is -1.74. The number of rotatable bonds is 8. The van der Waals surface area contributed by atoms with E-state index >= 15 is 0 Å². The van der Waals surface area contributed by atoms with E-state index in [0.717, 1.165) is 11.1 Å². The third-order valence-electron chi connectivity index (χ3n) is 13.7. The van der Waals surface area contributed by atoms with Gasteiger partial charge in [0.25, 0.3) is 0 Å². The molecule has 1 saturated heterocycles. The Balaban J connectivity index is 1.36. The first-order chi connectivity index (χ1) is 19.9. The maximum absolute atomic E-state index is 2.75. The first kappa shape index (κ1) is 27.9. The molecule has 1 heterocycles. The van der Waals surface area contributed by atoms with Crippen molar-refractivity contribution >= 4 is 20.2 Å². The topological polar surface area (TPSA) is 0 Å². The molecule has 4 aliphatic carbocycles. The van der Waals surface area contributed by atoms with Crippen molar-refractivity contribution < 1.29 is 0 Å². The van der Waals surface area contributed by atoms with Gasteiger partial charge in [0.05, 0.1) is 8.07 Å². The molecule has 0 spiro atoms. The molecule has 218 valence electrons. The van der Waals surface area contributed by atoms with Gasteiger partial charge in [-0.2, -0.15) is 0 Å². The van der Waals surface area contributed by atoms with Gasteiger partial charge in [0.1, 0.15) is 0 Å². The molecule has 41 heavy (non-hydrogen) atoms. The third kappa shape index (κ3) is 3.89. The van der Waals surface area contributed by atoms with Gasteiger partial charge in [0.2, 0.25) is 0 Å². The van der Waals surface area contributed by atoms with Crippen LogP contribution in [0.15, 0.2) is 35.4 Å². The molecule has 2 aromatic rings. The summed E-state index contributed by atoms with van der Waals surface area (Å²) in [5.41, 5.74) is 19.8. The Labute approximate surface area is 252 Å². The fourth-order valence-electron chi connectivity index (χ4n) is 10.9. The summed E-state index contributed by atoms with van der Waals surface area (Å²) in [4.78, 5) is 0. The van der Waals surface area contributed by atoms with Crippen LogP contribution in [0.1, 0.15) is 148 Å². The predicted octanol–water partition coefficient (Wildman–Crippen LogP) is 11.3. The fourth-order valence-corrected chi connectivity index (χ4v) is 18.3. The smallest absolute Gasteiger partial charge is 0.0650 e. The monoisotopic (exact) mass is 562 g/mol. The number of allylic oxidation sites excluding steroid dienone is 2. The number of hydrogen-bond acceptors (Lipinski definition) is 0. The Kier molecular flexibility index (Phi) is 6.89. The second-order valence-electron chi connectivity index (χ2n) is 15.0. The van der Waals surface area contributed by atoms with Crippen molar-refractivity contribution in [3.8, 4) is 0 Å². The molecule has 5 aliphatic rings.